The monoisotopic (exact) mass is 243 g/mol. The number of carbonyl (C=O) groups is 3. The SMILES string of the molecule is CC(C)(C)OC(=O)N1CC(=O)NC[C@@H]1C(=O)[O-]. The molecule has 7 heteroatoms. The lowest BCUT2D eigenvalue weighted by atomic mass is 10.2. The van der Waals surface area contributed by atoms with Gasteiger partial charge in [0.15, 0.2) is 0 Å². The van der Waals surface area contributed by atoms with E-state index in [2.05, 4.69) is 5.32 Å². The Hall–Kier alpha value is -1.79. The van der Waals surface area contributed by atoms with Gasteiger partial charge in [0, 0.05) is 6.54 Å². The second-order valence-corrected chi connectivity index (χ2v) is 4.75. The molecule has 1 saturated heterocycles. The first-order valence-corrected chi connectivity index (χ1v) is 5.18. The number of hydrogen-bond acceptors (Lipinski definition) is 5. The lowest BCUT2D eigenvalue weighted by molar-refractivity contribution is -0.311. The Morgan fingerprint density at radius 2 is 2.06 bits per heavy atom. The highest BCUT2D eigenvalue weighted by molar-refractivity contribution is 5.88. The number of ether oxygens (including phenoxy) is 1. The number of piperazine rings is 1. The summed E-state index contributed by atoms with van der Waals surface area (Å²) < 4.78 is 5.02. The molecule has 0 spiro atoms. The van der Waals surface area contributed by atoms with E-state index in [0.29, 0.717) is 0 Å². The smallest absolute Gasteiger partial charge is 0.411 e. The lowest BCUT2D eigenvalue weighted by Crippen LogP contribution is -2.62. The highest BCUT2D eigenvalue weighted by atomic mass is 16.6. The highest BCUT2D eigenvalue weighted by Gasteiger charge is 2.34. The number of carboxylic acid groups (broad SMARTS) is 1. The van der Waals surface area contributed by atoms with Gasteiger partial charge in [-0.05, 0) is 20.8 Å². The molecule has 96 valence electrons. The number of carboxylic acids is 1. The van der Waals surface area contributed by atoms with Crippen molar-refractivity contribution in [2.24, 2.45) is 0 Å². The van der Waals surface area contributed by atoms with Crippen molar-refractivity contribution in [2.75, 3.05) is 13.1 Å². The van der Waals surface area contributed by atoms with Crippen molar-refractivity contribution in [3.8, 4) is 0 Å². The van der Waals surface area contributed by atoms with Crippen molar-refractivity contribution in [1.82, 2.24) is 10.2 Å². The molecule has 0 aromatic carbocycles. The second kappa shape index (κ2) is 4.60. The van der Waals surface area contributed by atoms with Crippen LogP contribution in [0.25, 0.3) is 0 Å². The third-order valence-electron chi connectivity index (χ3n) is 2.08. The fraction of sp³-hybridized carbons (Fsp3) is 0.700. The molecular weight excluding hydrogens is 228 g/mol. The molecule has 0 aromatic rings. The van der Waals surface area contributed by atoms with Gasteiger partial charge in [-0.25, -0.2) is 4.79 Å². The van der Waals surface area contributed by atoms with Gasteiger partial charge in [-0.15, -0.1) is 0 Å². The normalized spacial score (nSPS) is 20.8. The zero-order valence-corrected chi connectivity index (χ0v) is 9.98. The van der Waals surface area contributed by atoms with Crippen molar-refractivity contribution in [2.45, 2.75) is 32.4 Å². The number of hydrogen-bond donors (Lipinski definition) is 1. The van der Waals surface area contributed by atoms with Crippen LogP contribution in [0.15, 0.2) is 0 Å². The van der Waals surface area contributed by atoms with Gasteiger partial charge >= 0.3 is 6.09 Å². The number of nitrogens with zero attached hydrogens (tertiary/aromatic N) is 1. The van der Waals surface area contributed by atoms with Crippen LogP contribution >= 0.6 is 0 Å². The molecule has 0 aromatic heterocycles. The molecule has 0 unspecified atom stereocenters. The third kappa shape index (κ3) is 3.61. The van der Waals surface area contributed by atoms with Crippen molar-refractivity contribution < 1.29 is 24.2 Å². The van der Waals surface area contributed by atoms with E-state index < -0.39 is 29.6 Å². The number of nitrogens with one attached hydrogen (secondary N) is 1. The largest absolute Gasteiger partial charge is 0.548 e. The summed E-state index contributed by atoms with van der Waals surface area (Å²) in [5, 5.41) is 13.2. The van der Waals surface area contributed by atoms with Crippen LogP contribution in [0.5, 0.6) is 0 Å². The number of aliphatic carboxylic acids is 1. The van der Waals surface area contributed by atoms with E-state index in [0.717, 1.165) is 4.90 Å². The molecule has 17 heavy (non-hydrogen) atoms. The van der Waals surface area contributed by atoms with Crippen LogP contribution in [-0.2, 0) is 14.3 Å². The van der Waals surface area contributed by atoms with E-state index in [9.17, 15) is 19.5 Å². The summed E-state index contributed by atoms with van der Waals surface area (Å²) in [6, 6.07) is -1.19. The van der Waals surface area contributed by atoms with Gasteiger partial charge in [0.2, 0.25) is 5.91 Å². The van der Waals surface area contributed by atoms with Crippen molar-refractivity contribution in [3.05, 3.63) is 0 Å². The molecule has 0 bridgehead atoms. The Balaban J connectivity index is 2.79. The van der Waals surface area contributed by atoms with Gasteiger partial charge in [0.25, 0.3) is 0 Å². The van der Waals surface area contributed by atoms with E-state index in [1.807, 2.05) is 0 Å². The molecule has 0 radical (unpaired) electrons. The standard InChI is InChI=1S/C10H16N2O5/c1-10(2,3)17-9(16)12-5-7(13)11-4-6(12)8(14)15/h6H,4-5H2,1-3H3,(H,11,13)(H,14,15)/p-1/t6-/m1/s1. The van der Waals surface area contributed by atoms with Gasteiger partial charge in [0.1, 0.15) is 12.1 Å². The van der Waals surface area contributed by atoms with Gasteiger partial charge in [-0.3, -0.25) is 9.69 Å². The van der Waals surface area contributed by atoms with Gasteiger partial charge in [-0.2, -0.15) is 0 Å². The predicted molar refractivity (Wildman–Crippen MR) is 54.7 cm³/mol. The first-order valence-electron chi connectivity index (χ1n) is 5.18. The summed E-state index contributed by atoms with van der Waals surface area (Å²) in [4.78, 5) is 34.5. The summed E-state index contributed by atoms with van der Waals surface area (Å²) in [7, 11) is 0. The fourth-order valence-electron chi connectivity index (χ4n) is 1.36. The molecule has 1 rings (SSSR count). The van der Waals surface area contributed by atoms with Crippen LogP contribution in [0.2, 0.25) is 0 Å². The summed E-state index contributed by atoms with van der Waals surface area (Å²) >= 11 is 0. The van der Waals surface area contributed by atoms with E-state index in [-0.39, 0.29) is 13.1 Å². The van der Waals surface area contributed by atoms with Crippen LogP contribution in [0.3, 0.4) is 0 Å². The number of amides is 2. The molecule has 7 nitrogen and oxygen atoms in total. The quantitative estimate of drug-likeness (QED) is 0.602. The Kier molecular flexibility index (Phi) is 3.59. The maximum Gasteiger partial charge on any atom is 0.411 e. The minimum atomic E-state index is -1.42. The summed E-state index contributed by atoms with van der Waals surface area (Å²) in [6.45, 7) is 4.46. The van der Waals surface area contributed by atoms with Crippen LogP contribution in [0.1, 0.15) is 20.8 Å². The maximum atomic E-state index is 11.7. The average molecular weight is 243 g/mol. The zero-order chi connectivity index (χ0) is 13.2. The van der Waals surface area contributed by atoms with E-state index >= 15 is 0 Å². The van der Waals surface area contributed by atoms with Crippen LogP contribution in [0.4, 0.5) is 4.79 Å². The first kappa shape index (κ1) is 13.3. The molecule has 1 heterocycles. The summed E-state index contributed by atoms with van der Waals surface area (Å²) in [5.41, 5.74) is -0.749. The average Bonchev–Trinajstić information content (AvgIpc) is 2.14. The molecule has 1 aliphatic heterocycles. The lowest BCUT2D eigenvalue weighted by Gasteiger charge is -2.36. The molecule has 1 atom stereocenters. The van der Waals surface area contributed by atoms with Crippen molar-refractivity contribution in [3.63, 3.8) is 0 Å². The highest BCUT2D eigenvalue weighted by Crippen LogP contribution is 2.13. The Morgan fingerprint density at radius 1 is 1.47 bits per heavy atom. The van der Waals surface area contributed by atoms with Gasteiger partial charge in [0.05, 0.1) is 12.0 Å². The van der Waals surface area contributed by atoms with Gasteiger partial charge < -0.3 is 20.0 Å². The first-order chi connectivity index (χ1) is 7.70. The number of rotatable bonds is 1. The Bertz CT molecular complexity index is 347. The predicted octanol–water partition coefficient (Wildman–Crippen LogP) is -1.53. The summed E-state index contributed by atoms with van der Waals surface area (Å²) in [6.07, 6.45) is -0.832. The molecule has 1 N–H and O–H groups in total. The van der Waals surface area contributed by atoms with Crippen LogP contribution in [0, 0.1) is 0 Å². The molecule has 1 aliphatic rings. The van der Waals surface area contributed by atoms with E-state index in [4.69, 9.17) is 4.74 Å². The molecule has 0 saturated carbocycles. The van der Waals surface area contributed by atoms with E-state index in [1.165, 1.54) is 0 Å². The van der Waals surface area contributed by atoms with Crippen molar-refractivity contribution >= 4 is 18.0 Å². The minimum Gasteiger partial charge on any atom is -0.548 e. The second-order valence-electron chi connectivity index (χ2n) is 4.75. The van der Waals surface area contributed by atoms with Crippen LogP contribution < -0.4 is 10.4 Å². The molecular formula is C10H15N2O5-. The van der Waals surface area contributed by atoms with Crippen LogP contribution in [-0.4, -0.2) is 47.6 Å². The summed E-state index contributed by atoms with van der Waals surface area (Å²) in [5.74, 6) is -1.84. The zero-order valence-electron chi connectivity index (χ0n) is 9.98. The Labute approximate surface area is 98.7 Å². The Morgan fingerprint density at radius 3 is 2.53 bits per heavy atom. The van der Waals surface area contributed by atoms with Crippen molar-refractivity contribution in [1.29, 1.82) is 0 Å². The fourth-order valence-corrected chi connectivity index (χ4v) is 1.36. The molecule has 0 aliphatic carbocycles. The third-order valence-corrected chi connectivity index (χ3v) is 2.08. The molecule has 1 fully saturated rings. The topological polar surface area (TPSA) is 98.8 Å². The maximum absolute atomic E-state index is 11.7. The minimum absolute atomic E-state index is 0.166. The molecule has 2 amide bonds. The van der Waals surface area contributed by atoms with E-state index in [1.54, 1.807) is 20.8 Å². The number of carbonyl (C=O) groups excluding carboxylic acids is 3. The van der Waals surface area contributed by atoms with Gasteiger partial charge in [-0.1, -0.05) is 0 Å².